The molecule has 1 aromatic heterocycles. The van der Waals surface area contributed by atoms with Crippen LogP contribution in [0.3, 0.4) is 0 Å². The molecule has 5 rings (SSSR count). The molecular weight excluding hydrogens is 486 g/mol. The van der Waals surface area contributed by atoms with Crippen LogP contribution in [0.1, 0.15) is 5.56 Å². The molecule has 3 aromatic rings. The van der Waals surface area contributed by atoms with Gasteiger partial charge >= 0.3 is 0 Å². The van der Waals surface area contributed by atoms with Crippen molar-refractivity contribution >= 4 is 38.6 Å². The average molecular weight is 508 g/mol. The van der Waals surface area contributed by atoms with Crippen LogP contribution in [-0.2, 0) is 16.6 Å². The van der Waals surface area contributed by atoms with Gasteiger partial charge in [0.2, 0.25) is 11.9 Å². The Hall–Kier alpha value is -2.50. The van der Waals surface area contributed by atoms with Gasteiger partial charge in [-0.15, -0.1) is 0 Å². The third-order valence-corrected chi connectivity index (χ3v) is 8.59. The van der Waals surface area contributed by atoms with Crippen molar-refractivity contribution in [1.29, 1.82) is 0 Å². The van der Waals surface area contributed by atoms with Crippen molar-refractivity contribution in [2.24, 2.45) is 0 Å². The monoisotopic (exact) mass is 507 g/mol. The lowest BCUT2D eigenvalue weighted by Gasteiger charge is -2.29. The first-order valence-corrected chi connectivity index (χ1v) is 13.1. The summed E-state index contributed by atoms with van der Waals surface area (Å²) in [5, 5.41) is 3.91. The number of rotatable bonds is 7. The molecule has 0 atom stereocenters. The molecule has 1 saturated heterocycles. The number of nitrogens with one attached hydrogen (secondary N) is 2. The summed E-state index contributed by atoms with van der Waals surface area (Å²) in [6, 6.07) is 14.4. The maximum absolute atomic E-state index is 12.8. The first kappa shape index (κ1) is 22.3. The maximum Gasteiger partial charge on any atom is 0.250 e. The number of ether oxygens (including phenoxy) is 3. The van der Waals surface area contributed by atoms with Gasteiger partial charge in [-0.25, -0.2) is 13.1 Å². The van der Waals surface area contributed by atoms with E-state index in [1.165, 1.54) is 6.07 Å². The van der Waals surface area contributed by atoms with Crippen LogP contribution in [-0.4, -0.2) is 41.4 Å². The molecule has 11 heteroatoms. The molecule has 33 heavy (non-hydrogen) atoms. The summed E-state index contributed by atoms with van der Waals surface area (Å²) in [6.45, 7) is 3.97. The molecule has 0 aliphatic carbocycles. The second-order valence-electron chi connectivity index (χ2n) is 7.55. The van der Waals surface area contributed by atoms with Crippen molar-refractivity contribution in [3.8, 4) is 22.3 Å². The standard InChI is InChI=1S/C22H22ClN3O5S2/c23-18-12-21(33(27,28)25-13-15-4-5-19-20(10-15)30-14-29-19)32-22(18)31-17-3-1-2-16(11-17)26-8-6-24-7-9-26/h1-5,10-12,24-25H,6-9,13-14H2. The molecule has 2 aromatic carbocycles. The van der Waals surface area contributed by atoms with E-state index in [1.807, 2.05) is 24.3 Å². The number of thiophene rings is 1. The van der Waals surface area contributed by atoms with E-state index in [-0.39, 0.29) is 22.6 Å². The number of halogens is 1. The van der Waals surface area contributed by atoms with E-state index in [2.05, 4.69) is 14.9 Å². The fraction of sp³-hybridized carbons (Fsp3) is 0.273. The van der Waals surface area contributed by atoms with Crippen LogP contribution >= 0.6 is 22.9 Å². The van der Waals surface area contributed by atoms with E-state index in [0.717, 1.165) is 48.8 Å². The molecule has 2 N–H and O–H groups in total. The lowest BCUT2D eigenvalue weighted by molar-refractivity contribution is 0.174. The van der Waals surface area contributed by atoms with Gasteiger partial charge in [-0.2, -0.15) is 0 Å². The van der Waals surface area contributed by atoms with Gasteiger partial charge in [0, 0.05) is 44.5 Å². The second-order valence-corrected chi connectivity index (χ2v) is 11.0. The van der Waals surface area contributed by atoms with E-state index >= 15 is 0 Å². The van der Waals surface area contributed by atoms with Crippen LogP contribution in [0.5, 0.6) is 22.3 Å². The highest BCUT2D eigenvalue weighted by Gasteiger charge is 2.22. The topological polar surface area (TPSA) is 89.1 Å². The maximum atomic E-state index is 12.8. The van der Waals surface area contributed by atoms with Crippen LogP contribution in [0.15, 0.2) is 52.7 Å². The zero-order valence-electron chi connectivity index (χ0n) is 17.5. The van der Waals surface area contributed by atoms with Gasteiger partial charge in [0.25, 0.3) is 10.0 Å². The van der Waals surface area contributed by atoms with Gasteiger partial charge in [-0.05, 0) is 35.9 Å². The zero-order valence-corrected chi connectivity index (χ0v) is 19.9. The second kappa shape index (κ2) is 9.40. The van der Waals surface area contributed by atoms with Crippen molar-refractivity contribution in [2.45, 2.75) is 10.8 Å². The van der Waals surface area contributed by atoms with Crippen molar-refractivity contribution in [3.05, 3.63) is 59.1 Å². The highest BCUT2D eigenvalue weighted by Crippen LogP contribution is 2.40. The Morgan fingerprint density at radius 1 is 1.09 bits per heavy atom. The molecule has 174 valence electrons. The molecule has 0 unspecified atom stereocenters. The molecule has 8 nitrogen and oxygen atoms in total. The van der Waals surface area contributed by atoms with Crippen LogP contribution in [0.2, 0.25) is 5.02 Å². The van der Waals surface area contributed by atoms with E-state index in [0.29, 0.717) is 22.3 Å². The molecule has 2 aliphatic rings. The van der Waals surface area contributed by atoms with Gasteiger partial charge in [0.05, 0.1) is 5.02 Å². The summed E-state index contributed by atoms with van der Waals surface area (Å²) in [5.41, 5.74) is 1.81. The average Bonchev–Trinajstić information content (AvgIpc) is 3.45. The molecule has 0 spiro atoms. The highest BCUT2D eigenvalue weighted by atomic mass is 35.5. The van der Waals surface area contributed by atoms with Gasteiger partial charge < -0.3 is 24.4 Å². The lowest BCUT2D eigenvalue weighted by atomic mass is 10.2. The van der Waals surface area contributed by atoms with Crippen molar-refractivity contribution in [2.75, 3.05) is 37.9 Å². The summed E-state index contributed by atoms with van der Waals surface area (Å²) in [4.78, 5) is 2.27. The quantitative estimate of drug-likeness (QED) is 0.502. The smallest absolute Gasteiger partial charge is 0.250 e. The van der Waals surface area contributed by atoms with Gasteiger partial charge in [-0.1, -0.05) is 35.1 Å². The first-order valence-electron chi connectivity index (χ1n) is 10.4. The SMILES string of the molecule is O=S(=O)(NCc1ccc2c(c1)OCO2)c1cc(Cl)c(Oc2cccc(N3CCNCC3)c2)s1. The minimum Gasteiger partial charge on any atom is -0.454 e. The number of benzene rings is 2. The molecular formula is C22H22ClN3O5S2. The Labute approximate surface area is 201 Å². The molecule has 0 bridgehead atoms. The molecule has 3 heterocycles. The Bertz CT molecular complexity index is 1260. The molecule has 1 fully saturated rings. The zero-order chi connectivity index (χ0) is 22.8. The normalized spacial score (nSPS) is 15.6. The Morgan fingerprint density at radius 2 is 1.91 bits per heavy atom. The van der Waals surface area contributed by atoms with Gasteiger partial charge in [0.15, 0.2) is 11.5 Å². The Morgan fingerprint density at radius 3 is 2.76 bits per heavy atom. The third kappa shape index (κ3) is 5.04. The minimum absolute atomic E-state index is 0.0847. The Balaban J connectivity index is 1.28. The number of nitrogens with zero attached hydrogens (tertiary/aromatic N) is 1. The summed E-state index contributed by atoms with van der Waals surface area (Å²) in [7, 11) is -3.77. The van der Waals surface area contributed by atoms with Crippen LogP contribution < -0.4 is 29.1 Å². The van der Waals surface area contributed by atoms with Crippen molar-refractivity contribution in [3.63, 3.8) is 0 Å². The number of fused-ring (bicyclic) bond motifs is 1. The molecule has 0 radical (unpaired) electrons. The van der Waals surface area contributed by atoms with E-state index in [4.69, 9.17) is 25.8 Å². The number of sulfonamides is 1. The number of anilines is 1. The van der Waals surface area contributed by atoms with Crippen LogP contribution in [0.25, 0.3) is 0 Å². The predicted molar refractivity (Wildman–Crippen MR) is 128 cm³/mol. The first-order chi connectivity index (χ1) is 16.0. The largest absolute Gasteiger partial charge is 0.454 e. The summed E-state index contributed by atoms with van der Waals surface area (Å²) >= 11 is 7.30. The Kier molecular flexibility index (Phi) is 6.35. The number of hydrogen-bond donors (Lipinski definition) is 2. The van der Waals surface area contributed by atoms with E-state index in [9.17, 15) is 8.42 Å². The number of piperazine rings is 1. The predicted octanol–water partition coefficient (Wildman–Crippen LogP) is 3.81. The van der Waals surface area contributed by atoms with E-state index < -0.39 is 10.0 Å². The third-order valence-electron chi connectivity index (χ3n) is 5.31. The van der Waals surface area contributed by atoms with Gasteiger partial charge in [-0.3, -0.25) is 0 Å². The molecule has 2 aliphatic heterocycles. The molecule has 0 saturated carbocycles. The fourth-order valence-electron chi connectivity index (χ4n) is 3.61. The minimum atomic E-state index is -3.77. The summed E-state index contributed by atoms with van der Waals surface area (Å²) in [5.74, 6) is 1.85. The molecule has 0 amide bonds. The van der Waals surface area contributed by atoms with Crippen LogP contribution in [0.4, 0.5) is 5.69 Å². The van der Waals surface area contributed by atoms with E-state index in [1.54, 1.807) is 18.2 Å². The highest BCUT2D eigenvalue weighted by molar-refractivity contribution is 7.91. The van der Waals surface area contributed by atoms with Gasteiger partial charge in [0.1, 0.15) is 9.96 Å². The van der Waals surface area contributed by atoms with Crippen molar-refractivity contribution < 1.29 is 22.6 Å². The summed E-state index contributed by atoms with van der Waals surface area (Å²) < 4.78 is 44.9. The fourth-order valence-corrected chi connectivity index (χ4v) is 6.27. The number of hydrogen-bond acceptors (Lipinski definition) is 8. The summed E-state index contributed by atoms with van der Waals surface area (Å²) in [6.07, 6.45) is 0. The lowest BCUT2D eigenvalue weighted by Crippen LogP contribution is -2.43. The van der Waals surface area contributed by atoms with Crippen molar-refractivity contribution in [1.82, 2.24) is 10.0 Å². The van der Waals surface area contributed by atoms with Crippen LogP contribution in [0, 0.1) is 0 Å².